The van der Waals surface area contributed by atoms with Crippen LogP contribution in [0.4, 0.5) is 0 Å². The van der Waals surface area contributed by atoms with Crippen molar-refractivity contribution in [2.75, 3.05) is 52.9 Å². The van der Waals surface area contributed by atoms with E-state index in [-0.39, 0.29) is 5.91 Å². The van der Waals surface area contributed by atoms with Crippen LogP contribution in [0, 0.1) is 11.8 Å². The summed E-state index contributed by atoms with van der Waals surface area (Å²) < 4.78 is 0. The second-order valence-corrected chi connectivity index (χ2v) is 11.4. The quantitative estimate of drug-likeness (QED) is 0.178. The Morgan fingerprint density at radius 2 is 1.89 bits per heavy atom. The minimum Gasteiger partial charge on any atom is -0.390 e. The number of amides is 1. The summed E-state index contributed by atoms with van der Waals surface area (Å²) in [5.41, 5.74) is 2.21. The Balaban J connectivity index is 2.52. The van der Waals surface area contributed by atoms with E-state index >= 15 is 0 Å². The molecule has 3 N–H and O–H groups in total. The van der Waals surface area contributed by atoms with Crippen LogP contribution in [0.1, 0.15) is 86.5 Å². The standard InChI is InChI=1S/C32H60N4O2/c1-8-11-12-13-26(4)17-21-35(20-9-2)24-31(37)25-36-22-18-29(28(6)32(36)38)15-14-27(5)23-34-30(10-3)16-19-33-7/h8,11-13,26-27,30-31,33-34,37H,9-10,14-25H2,1-7H3/b11-8-,13-12-. The van der Waals surface area contributed by atoms with Gasteiger partial charge in [-0.2, -0.15) is 0 Å². The van der Waals surface area contributed by atoms with Crippen LogP contribution >= 0.6 is 0 Å². The molecule has 0 aromatic rings. The van der Waals surface area contributed by atoms with Gasteiger partial charge >= 0.3 is 0 Å². The van der Waals surface area contributed by atoms with Gasteiger partial charge in [-0.3, -0.25) is 4.79 Å². The summed E-state index contributed by atoms with van der Waals surface area (Å²) in [7, 11) is 2.01. The zero-order valence-corrected chi connectivity index (χ0v) is 25.8. The first-order chi connectivity index (χ1) is 18.2. The van der Waals surface area contributed by atoms with Crippen molar-refractivity contribution in [2.24, 2.45) is 11.8 Å². The van der Waals surface area contributed by atoms with Gasteiger partial charge in [0.2, 0.25) is 5.91 Å². The molecule has 1 aliphatic rings. The Kier molecular flexibility index (Phi) is 18.6. The van der Waals surface area contributed by atoms with Gasteiger partial charge in [-0.1, -0.05) is 57.6 Å². The van der Waals surface area contributed by atoms with Crippen molar-refractivity contribution in [1.29, 1.82) is 0 Å². The highest BCUT2D eigenvalue weighted by atomic mass is 16.3. The Hall–Kier alpha value is -1.47. The van der Waals surface area contributed by atoms with Crippen molar-refractivity contribution in [2.45, 2.75) is 98.6 Å². The molecular weight excluding hydrogens is 472 g/mol. The zero-order valence-electron chi connectivity index (χ0n) is 25.8. The van der Waals surface area contributed by atoms with Crippen molar-refractivity contribution in [3.8, 4) is 0 Å². The van der Waals surface area contributed by atoms with E-state index in [1.807, 2.05) is 31.9 Å². The average Bonchev–Trinajstić information content (AvgIpc) is 2.90. The normalized spacial score (nSPS) is 18.2. The number of hydrogen-bond acceptors (Lipinski definition) is 5. The number of β-amino-alcohol motifs (C(OH)–C–C–N with tert-alkyl or cyclic N) is 1. The molecule has 0 spiro atoms. The number of carbonyl (C=O) groups excluding carboxylic acids is 1. The van der Waals surface area contributed by atoms with Gasteiger partial charge in [-0.25, -0.2) is 0 Å². The first-order valence-electron chi connectivity index (χ1n) is 15.3. The number of carbonyl (C=O) groups is 1. The van der Waals surface area contributed by atoms with Crippen molar-refractivity contribution in [3.05, 3.63) is 35.5 Å². The molecule has 0 radical (unpaired) electrons. The summed E-state index contributed by atoms with van der Waals surface area (Å²) in [6.45, 7) is 18.8. The third kappa shape index (κ3) is 14.1. The molecule has 38 heavy (non-hydrogen) atoms. The molecule has 1 amide bonds. The van der Waals surface area contributed by atoms with Crippen molar-refractivity contribution in [3.63, 3.8) is 0 Å². The van der Waals surface area contributed by atoms with Crippen LogP contribution < -0.4 is 10.6 Å². The van der Waals surface area contributed by atoms with E-state index in [0.29, 0.717) is 31.0 Å². The number of hydrogen-bond donors (Lipinski definition) is 3. The maximum Gasteiger partial charge on any atom is 0.249 e. The molecule has 220 valence electrons. The number of allylic oxidation sites excluding steroid dienone is 4. The third-order valence-electron chi connectivity index (χ3n) is 7.84. The minimum absolute atomic E-state index is 0.110. The molecular formula is C32H60N4O2. The summed E-state index contributed by atoms with van der Waals surface area (Å²) in [5, 5.41) is 17.8. The molecule has 0 aliphatic carbocycles. The first kappa shape index (κ1) is 34.6. The van der Waals surface area contributed by atoms with Crippen LogP contribution in [-0.4, -0.2) is 85.8 Å². The molecule has 1 heterocycles. The summed E-state index contributed by atoms with van der Waals surface area (Å²) in [6.07, 6.45) is 15.4. The molecule has 1 rings (SSSR count). The lowest BCUT2D eigenvalue weighted by Crippen LogP contribution is -2.45. The Bertz CT molecular complexity index is 733. The molecule has 6 heteroatoms. The van der Waals surface area contributed by atoms with Crippen LogP contribution in [0.15, 0.2) is 35.5 Å². The van der Waals surface area contributed by atoms with Gasteiger partial charge in [0.1, 0.15) is 0 Å². The summed E-state index contributed by atoms with van der Waals surface area (Å²) in [4.78, 5) is 17.4. The van der Waals surface area contributed by atoms with Gasteiger partial charge in [-0.05, 0) is 104 Å². The smallest absolute Gasteiger partial charge is 0.249 e. The Labute approximate surface area is 235 Å². The second-order valence-electron chi connectivity index (χ2n) is 11.4. The van der Waals surface area contributed by atoms with E-state index in [2.05, 4.69) is 61.5 Å². The van der Waals surface area contributed by atoms with Gasteiger partial charge < -0.3 is 25.5 Å². The summed E-state index contributed by atoms with van der Waals surface area (Å²) in [6, 6.07) is 0.568. The molecule has 0 aromatic heterocycles. The Morgan fingerprint density at radius 1 is 1.13 bits per heavy atom. The summed E-state index contributed by atoms with van der Waals surface area (Å²) in [5.74, 6) is 1.20. The predicted octanol–water partition coefficient (Wildman–Crippen LogP) is 5.16. The van der Waals surface area contributed by atoms with Gasteiger partial charge in [0.05, 0.1) is 6.10 Å². The van der Waals surface area contributed by atoms with Crippen LogP contribution in [0.2, 0.25) is 0 Å². The second kappa shape index (κ2) is 20.4. The van der Waals surface area contributed by atoms with Crippen LogP contribution in [0.5, 0.6) is 0 Å². The monoisotopic (exact) mass is 532 g/mol. The molecule has 6 nitrogen and oxygen atoms in total. The highest BCUT2D eigenvalue weighted by Crippen LogP contribution is 2.25. The third-order valence-corrected chi connectivity index (χ3v) is 7.84. The van der Waals surface area contributed by atoms with E-state index in [1.54, 1.807) is 0 Å². The van der Waals surface area contributed by atoms with Crippen molar-refractivity contribution < 1.29 is 9.90 Å². The molecule has 0 saturated carbocycles. The zero-order chi connectivity index (χ0) is 28.3. The topological polar surface area (TPSA) is 67.8 Å². The van der Waals surface area contributed by atoms with Gasteiger partial charge in [0, 0.05) is 31.2 Å². The highest BCUT2D eigenvalue weighted by Gasteiger charge is 2.26. The van der Waals surface area contributed by atoms with Gasteiger partial charge in [-0.15, -0.1) is 0 Å². The highest BCUT2D eigenvalue weighted by molar-refractivity contribution is 5.94. The largest absolute Gasteiger partial charge is 0.390 e. The van der Waals surface area contributed by atoms with Gasteiger partial charge in [0.15, 0.2) is 0 Å². The van der Waals surface area contributed by atoms with Crippen LogP contribution in [0.25, 0.3) is 0 Å². The summed E-state index contributed by atoms with van der Waals surface area (Å²) >= 11 is 0. The molecule has 4 atom stereocenters. The fraction of sp³-hybridized carbons (Fsp3) is 0.781. The van der Waals surface area contributed by atoms with Crippen LogP contribution in [-0.2, 0) is 4.79 Å². The molecule has 0 saturated heterocycles. The van der Waals surface area contributed by atoms with E-state index < -0.39 is 6.10 Å². The SMILES string of the molecule is C/C=C\C=C/C(C)CCN(CCC)CC(O)CN1CCC(CCC(C)CNC(CC)CCNC)=C(C)C1=O. The molecule has 4 unspecified atom stereocenters. The lowest BCUT2D eigenvalue weighted by Gasteiger charge is -2.33. The predicted molar refractivity (Wildman–Crippen MR) is 163 cm³/mol. The number of nitrogens with zero attached hydrogens (tertiary/aromatic N) is 2. The molecule has 0 bridgehead atoms. The molecule has 1 aliphatic heterocycles. The Morgan fingerprint density at radius 3 is 2.55 bits per heavy atom. The van der Waals surface area contributed by atoms with Gasteiger partial charge in [0.25, 0.3) is 0 Å². The molecule has 0 aromatic carbocycles. The first-order valence-corrected chi connectivity index (χ1v) is 15.3. The minimum atomic E-state index is -0.519. The fourth-order valence-corrected chi connectivity index (χ4v) is 5.16. The average molecular weight is 533 g/mol. The number of nitrogens with one attached hydrogen (secondary N) is 2. The number of aliphatic hydroxyl groups is 1. The maximum atomic E-state index is 13.1. The fourth-order valence-electron chi connectivity index (χ4n) is 5.16. The van der Waals surface area contributed by atoms with Crippen molar-refractivity contribution >= 4 is 5.91 Å². The number of rotatable bonds is 21. The van der Waals surface area contributed by atoms with E-state index in [0.717, 1.165) is 83.2 Å². The van der Waals surface area contributed by atoms with Crippen molar-refractivity contribution in [1.82, 2.24) is 20.4 Å². The van der Waals surface area contributed by atoms with E-state index in [9.17, 15) is 9.90 Å². The lowest BCUT2D eigenvalue weighted by molar-refractivity contribution is -0.129. The number of aliphatic hydroxyl groups excluding tert-OH is 1. The maximum absolute atomic E-state index is 13.1. The van der Waals surface area contributed by atoms with E-state index in [1.165, 1.54) is 5.57 Å². The van der Waals surface area contributed by atoms with E-state index in [4.69, 9.17) is 0 Å². The van der Waals surface area contributed by atoms with Crippen LogP contribution in [0.3, 0.4) is 0 Å². The lowest BCUT2D eigenvalue weighted by atomic mass is 9.92. The molecule has 0 fully saturated rings.